The van der Waals surface area contributed by atoms with Gasteiger partial charge in [-0.15, -0.1) is 0 Å². The van der Waals surface area contributed by atoms with Crippen molar-refractivity contribution in [2.75, 3.05) is 17.6 Å². The number of imide groups is 1. The Kier molecular flexibility index (Phi) is 5.51. The minimum absolute atomic E-state index is 0.0216. The Morgan fingerprint density at radius 2 is 2.00 bits per heavy atom. The van der Waals surface area contributed by atoms with Gasteiger partial charge in [0, 0.05) is 18.7 Å². The van der Waals surface area contributed by atoms with Crippen LogP contribution in [-0.2, 0) is 9.59 Å². The first-order valence-electron chi connectivity index (χ1n) is 6.60. The molecule has 0 radical (unpaired) electrons. The van der Waals surface area contributed by atoms with Crippen LogP contribution in [-0.4, -0.2) is 39.4 Å². The number of thiocarbonyl (C=S) groups is 1. The second kappa shape index (κ2) is 7.37. The number of thioether (sulfide) groups is 1. The molecule has 2 N–H and O–H groups in total. The van der Waals surface area contributed by atoms with Crippen molar-refractivity contribution >= 4 is 51.8 Å². The van der Waals surface area contributed by atoms with E-state index in [1.54, 1.807) is 0 Å². The maximum atomic E-state index is 11.8. The Hall–Kier alpha value is -1.93. The number of amides is 3. The Labute approximate surface area is 137 Å². The molecule has 3 amide bonds. The number of carbonyl (C=O) groups excluding carboxylic acids is 3. The fraction of sp³-hybridized carbons (Fsp3) is 0.286. The Balaban J connectivity index is 1.76. The molecule has 116 valence electrons. The summed E-state index contributed by atoms with van der Waals surface area (Å²) in [5, 5.41) is 5.29. The molecule has 0 unspecified atom stereocenters. The van der Waals surface area contributed by atoms with E-state index in [9.17, 15) is 14.4 Å². The molecule has 0 bridgehead atoms. The van der Waals surface area contributed by atoms with Gasteiger partial charge in [-0.25, -0.2) is 0 Å². The van der Waals surface area contributed by atoms with Gasteiger partial charge >= 0.3 is 0 Å². The standard InChI is InChI=1S/C14H15N3O3S2/c1-9-2-4-10(5-3-9)15-13(21)16-11(18)6-7-17-12(19)8-22-14(17)20/h2-5H,6-8H2,1H3,(H2,15,16,18,21). The minimum Gasteiger partial charge on any atom is -0.332 e. The predicted molar refractivity (Wildman–Crippen MR) is 89.7 cm³/mol. The Bertz CT molecular complexity index is 600. The lowest BCUT2D eigenvalue weighted by Gasteiger charge is -2.13. The molecule has 0 saturated carbocycles. The third-order valence-electron chi connectivity index (χ3n) is 2.97. The Morgan fingerprint density at radius 1 is 1.32 bits per heavy atom. The number of nitrogens with zero attached hydrogens (tertiary/aromatic N) is 1. The van der Waals surface area contributed by atoms with Gasteiger partial charge < -0.3 is 10.6 Å². The zero-order valence-electron chi connectivity index (χ0n) is 11.9. The molecule has 0 spiro atoms. The zero-order valence-corrected chi connectivity index (χ0v) is 13.6. The van der Waals surface area contributed by atoms with Gasteiger partial charge in [-0.1, -0.05) is 29.5 Å². The van der Waals surface area contributed by atoms with Crippen LogP contribution >= 0.6 is 24.0 Å². The molecule has 2 rings (SSSR count). The summed E-state index contributed by atoms with van der Waals surface area (Å²) >= 11 is 6.00. The zero-order chi connectivity index (χ0) is 16.1. The molecule has 1 aliphatic heterocycles. The maximum Gasteiger partial charge on any atom is 0.288 e. The molecule has 8 heteroatoms. The van der Waals surface area contributed by atoms with Crippen LogP contribution in [0.2, 0.25) is 0 Å². The van der Waals surface area contributed by atoms with E-state index < -0.39 is 0 Å². The van der Waals surface area contributed by atoms with Gasteiger partial charge in [-0.05, 0) is 31.3 Å². The van der Waals surface area contributed by atoms with Crippen LogP contribution < -0.4 is 10.6 Å². The molecular weight excluding hydrogens is 322 g/mol. The molecule has 1 aromatic carbocycles. The molecule has 1 heterocycles. The van der Waals surface area contributed by atoms with Gasteiger partial charge in [-0.2, -0.15) is 0 Å². The number of benzene rings is 1. The van der Waals surface area contributed by atoms with Crippen LogP contribution in [0.5, 0.6) is 0 Å². The van der Waals surface area contributed by atoms with Gasteiger partial charge in [-0.3, -0.25) is 19.3 Å². The lowest BCUT2D eigenvalue weighted by atomic mass is 10.2. The number of nitrogens with one attached hydrogen (secondary N) is 2. The van der Waals surface area contributed by atoms with Crippen LogP contribution in [0.4, 0.5) is 10.5 Å². The highest BCUT2D eigenvalue weighted by atomic mass is 32.2. The van der Waals surface area contributed by atoms with E-state index in [4.69, 9.17) is 12.2 Å². The molecule has 1 fully saturated rings. The Morgan fingerprint density at radius 3 is 2.59 bits per heavy atom. The van der Waals surface area contributed by atoms with Gasteiger partial charge in [0.15, 0.2) is 5.11 Å². The monoisotopic (exact) mass is 337 g/mol. The lowest BCUT2D eigenvalue weighted by Crippen LogP contribution is -2.37. The molecule has 1 aromatic rings. The molecule has 1 saturated heterocycles. The van der Waals surface area contributed by atoms with E-state index in [1.807, 2.05) is 31.2 Å². The summed E-state index contributed by atoms with van der Waals surface area (Å²) in [6.45, 7) is 2.05. The number of rotatable bonds is 4. The van der Waals surface area contributed by atoms with E-state index in [0.717, 1.165) is 27.9 Å². The summed E-state index contributed by atoms with van der Waals surface area (Å²) in [6.07, 6.45) is 0.0216. The van der Waals surface area contributed by atoms with Crippen LogP contribution in [0.1, 0.15) is 12.0 Å². The molecule has 1 aliphatic rings. The van der Waals surface area contributed by atoms with Gasteiger partial charge in [0.1, 0.15) is 0 Å². The van der Waals surface area contributed by atoms with E-state index >= 15 is 0 Å². The summed E-state index contributed by atoms with van der Waals surface area (Å²) in [6, 6.07) is 7.56. The quantitative estimate of drug-likeness (QED) is 0.817. The van der Waals surface area contributed by atoms with Gasteiger partial charge in [0.2, 0.25) is 11.8 Å². The van der Waals surface area contributed by atoms with Crippen molar-refractivity contribution in [1.82, 2.24) is 10.2 Å². The molecule has 22 heavy (non-hydrogen) atoms. The molecule has 0 atom stereocenters. The lowest BCUT2D eigenvalue weighted by molar-refractivity contribution is -0.125. The van der Waals surface area contributed by atoms with Crippen molar-refractivity contribution in [3.8, 4) is 0 Å². The first-order valence-corrected chi connectivity index (χ1v) is 8.00. The average molecular weight is 337 g/mol. The van der Waals surface area contributed by atoms with E-state index in [1.165, 1.54) is 0 Å². The van der Waals surface area contributed by atoms with Crippen molar-refractivity contribution in [3.05, 3.63) is 29.8 Å². The third-order valence-corrected chi connectivity index (χ3v) is 4.03. The second-order valence-electron chi connectivity index (χ2n) is 4.72. The van der Waals surface area contributed by atoms with Gasteiger partial charge in [0.25, 0.3) is 5.24 Å². The molecule has 0 aromatic heterocycles. The second-order valence-corrected chi connectivity index (χ2v) is 6.05. The SMILES string of the molecule is Cc1ccc(NC(=S)NC(=O)CCN2C(=O)CSC2=O)cc1. The smallest absolute Gasteiger partial charge is 0.288 e. The highest BCUT2D eigenvalue weighted by Crippen LogP contribution is 2.18. The number of anilines is 1. The van der Waals surface area contributed by atoms with Crippen LogP contribution in [0.25, 0.3) is 0 Å². The highest BCUT2D eigenvalue weighted by molar-refractivity contribution is 8.14. The molecule has 0 aliphatic carbocycles. The van der Waals surface area contributed by atoms with Crippen molar-refractivity contribution < 1.29 is 14.4 Å². The molecular formula is C14H15N3O3S2. The van der Waals surface area contributed by atoms with E-state index in [-0.39, 0.29) is 40.9 Å². The fourth-order valence-electron chi connectivity index (χ4n) is 1.80. The normalized spacial score (nSPS) is 14.1. The summed E-state index contributed by atoms with van der Waals surface area (Å²) in [5.74, 6) is -0.460. The summed E-state index contributed by atoms with van der Waals surface area (Å²) < 4.78 is 0. The molecule has 6 nitrogen and oxygen atoms in total. The van der Waals surface area contributed by atoms with Crippen molar-refractivity contribution in [2.24, 2.45) is 0 Å². The largest absolute Gasteiger partial charge is 0.332 e. The summed E-state index contributed by atoms with van der Waals surface area (Å²) in [7, 11) is 0. The number of aryl methyl sites for hydroxylation is 1. The topological polar surface area (TPSA) is 78.5 Å². The first kappa shape index (κ1) is 16.4. The van der Waals surface area contributed by atoms with Crippen LogP contribution in [0.3, 0.4) is 0 Å². The summed E-state index contributed by atoms with van der Waals surface area (Å²) in [5.41, 5.74) is 1.90. The van der Waals surface area contributed by atoms with Crippen molar-refractivity contribution in [1.29, 1.82) is 0 Å². The predicted octanol–water partition coefficient (Wildman–Crippen LogP) is 1.89. The van der Waals surface area contributed by atoms with Crippen molar-refractivity contribution in [2.45, 2.75) is 13.3 Å². The maximum absolute atomic E-state index is 11.8. The number of hydrogen-bond donors (Lipinski definition) is 2. The minimum atomic E-state index is -0.345. The average Bonchev–Trinajstić information content (AvgIpc) is 2.78. The van der Waals surface area contributed by atoms with Crippen molar-refractivity contribution in [3.63, 3.8) is 0 Å². The first-order chi connectivity index (χ1) is 10.5. The third kappa shape index (κ3) is 4.54. The van der Waals surface area contributed by atoms with Crippen LogP contribution in [0, 0.1) is 6.92 Å². The number of hydrogen-bond acceptors (Lipinski definition) is 5. The van der Waals surface area contributed by atoms with E-state index in [0.29, 0.717) is 0 Å². The van der Waals surface area contributed by atoms with Gasteiger partial charge in [0.05, 0.1) is 5.75 Å². The fourth-order valence-corrected chi connectivity index (χ4v) is 2.78. The van der Waals surface area contributed by atoms with Crippen LogP contribution in [0.15, 0.2) is 24.3 Å². The highest BCUT2D eigenvalue weighted by Gasteiger charge is 2.29. The number of carbonyl (C=O) groups is 3. The summed E-state index contributed by atoms with van der Waals surface area (Å²) in [4.78, 5) is 35.6. The van der Waals surface area contributed by atoms with E-state index in [2.05, 4.69) is 10.6 Å².